The van der Waals surface area contributed by atoms with Crippen LogP contribution in [0.25, 0.3) is 0 Å². The lowest BCUT2D eigenvalue weighted by Gasteiger charge is -1.89. The van der Waals surface area contributed by atoms with Gasteiger partial charge in [-0.2, -0.15) is 5.11 Å². The standard InChI is InChI=1S/C5H10N2O2/c6-7-4-2-1-3-5(8)9/h6H,1-4H2,(H,8,9). The van der Waals surface area contributed by atoms with Crippen LogP contribution in [-0.4, -0.2) is 17.6 Å². The van der Waals surface area contributed by atoms with Gasteiger partial charge in [0.25, 0.3) is 0 Å². The number of nitrogens with zero attached hydrogens (tertiary/aromatic N) is 1. The first-order chi connectivity index (χ1) is 4.27. The van der Waals surface area contributed by atoms with Crippen molar-refractivity contribution >= 4 is 5.97 Å². The summed E-state index contributed by atoms with van der Waals surface area (Å²) in [5.41, 5.74) is 6.37. The van der Waals surface area contributed by atoms with E-state index in [4.69, 9.17) is 10.6 Å². The maximum Gasteiger partial charge on any atom is 0.303 e. The maximum atomic E-state index is 9.88. The van der Waals surface area contributed by atoms with Gasteiger partial charge < -0.3 is 5.11 Å². The average Bonchev–Trinajstić information content (AvgIpc) is 1.80. The van der Waals surface area contributed by atoms with Gasteiger partial charge >= 0.3 is 5.97 Å². The van der Waals surface area contributed by atoms with Gasteiger partial charge in [0, 0.05) is 6.42 Å². The van der Waals surface area contributed by atoms with Crippen molar-refractivity contribution in [3.05, 3.63) is 0 Å². The molecule has 0 atom stereocenters. The van der Waals surface area contributed by atoms with Crippen molar-refractivity contribution < 1.29 is 9.90 Å². The Kier molecular flexibility index (Phi) is 4.67. The van der Waals surface area contributed by atoms with E-state index in [-0.39, 0.29) is 6.42 Å². The lowest BCUT2D eigenvalue weighted by molar-refractivity contribution is -0.137. The summed E-state index contributed by atoms with van der Waals surface area (Å²) in [5.74, 6) is -0.778. The lowest BCUT2D eigenvalue weighted by Crippen LogP contribution is -1.94. The molecule has 0 aliphatic carbocycles. The fraction of sp³-hybridized carbons (Fsp3) is 0.800. The van der Waals surface area contributed by atoms with Crippen LogP contribution >= 0.6 is 0 Å². The third-order valence-corrected chi connectivity index (χ3v) is 0.911. The molecule has 0 aromatic heterocycles. The minimum Gasteiger partial charge on any atom is -0.481 e. The van der Waals surface area contributed by atoms with E-state index >= 15 is 0 Å². The molecule has 0 bridgehead atoms. The van der Waals surface area contributed by atoms with Gasteiger partial charge in [-0.25, -0.2) is 5.53 Å². The Hall–Kier alpha value is -0.930. The first-order valence-electron chi connectivity index (χ1n) is 2.82. The molecule has 0 spiro atoms. The highest BCUT2D eigenvalue weighted by Crippen LogP contribution is 1.94. The second-order valence-electron chi connectivity index (χ2n) is 1.73. The molecule has 0 aliphatic rings. The summed E-state index contributed by atoms with van der Waals surface area (Å²) in [7, 11) is 0. The molecule has 0 amide bonds. The van der Waals surface area contributed by atoms with E-state index < -0.39 is 5.97 Å². The van der Waals surface area contributed by atoms with Crippen molar-refractivity contribution in [1.29, 1.82) is 5.53 Å². The van der Waals surface area contributed by atoms with Crippen molar-refractivity contribution in [3.63, 3.8) is 0 Å². The Balaban J connectivity index is 2.91. The topological polar surface area (TPSA) is 73.5 Å². The average molecular weight is 130 g/mol. The first-order valence-corrected chi connectivity index (χ1v) is 2.82. The van der Waals surface area contributed by atoms with Crippen LogP contribution < -0.4 is 0 Å². The van der Waals surface area contributed by atoms with Crippen LogP contribution in [0.1, 0.15) is 19.3 Å². The number of carboxylic acids is 1. The number of nitrogens with one attached hydrogen (secondary N) is 1. The zero-order valence-corrected chi connectivity index (χ0v) is 5.13. The Bertz CT molecular complexity index is 103. The third-order valence-electron chi connectivity index (χ3n) is 0.911. The number of aliphatic carboxylic acids is 1. The molecule has 0 saturated heterocycles. The van der Waals surface area contributed by atoms with Gasteiger partial charge in [0.2, 0.25) is 0 Å². The van der Waals surface area contributed by atoms with Crippen LogP contribution in [0.3, 0.4) is 0 Å². The van der Waals surface area contributed by atoms with Crippen LogP contribution in [0.15, 0.2) is 5.11 Å². The van der Waals surface area contributed by atoms with E-state index in [0.29, 0.717) is 19.4 Å². The van der Waals surface area contributed by atoms with E-state index in [2.05, 4.69) is 5.11 Å². The van der Waals surface area contributed by atoms with Gasteiger partial charge in [0.15, 0.2) is 0 Å². The maximum absolute atomic E-state index is 9.88. The summed E-state index contributed by atoms with van der Waals surface area (Å²) >= 11 is 0. The van der Waals surface area contributed by atoms with Crippen molar-refractivity contribution in [3.8, 4) is 0 Å². The van der Waals surface area contributed by atoms with E-state index in [1.165, 1.54) is 0 Å². The number of hydrogen-bond donors (Lipinski definition) is 2. The second-order valence-corrected chi connectivity index (χ2v) is 1.73. The number of unbranched alkanes of at least 4 members (excludes halogenated alkanes) is 1. The normalized spacial score (nSPS) is 8.89. The zero-order chi connectivity index (χ0) is 7.11. The second kappa shape index (κ2) is 5.21. The van der Waals surface area contributed by atoms with Crippen molar-refractivity contribution in [1.82, 2.24) is 0 Å². The van der Waals surface area contributed by atoms with Crippen LogP contribution in [0, 0.1) is 5.53 Å². The van der Waals surface area contributed by atoms with Crippen LogP contribution in [-0.2, 0) is 4.79 Å². The summed E-state index contributed by atoms with van der Waals surface area (Å²) in [6.07, 6.45) is 1.52. The van der Waals surface area contributed by atoms with Crippen molar-refractivity contribution in [2.45, 2.75) is 19.3 Å². The number of carboxylic acid groups (broad SMARTS) is 1. The SMILES string of the molecule is N=NCCCCC(=O)O. The van der Waals surface area contributed by atoms with Crippen LogP contribution in [0.5, 0.6) is 0 Å². The minimum atomic E-state index is -0.778. The lowest BCUT2D eigenvalue weighted by atomic mass is 10.2. The first kappa shape index (κ1) is 8.07. The van der Waals surface area contributed by atoms with E-state index in [0.717, 1.165) is 0 Å². The van der Waals surface area contributed by atoms with E-state index in [1.807, 2.05) is 0 Å². The Labute approximate surface area is 53.4 Å². The quantitative estimate of drug-likeness (QED) is 0.434. The molecule has 52 valence electrons. The predicted molar refractivity (Wildman–Crippen MR) is 31.5 cm³/mol. The molecule has 0 aromatic rings. The summed E-state index contributed by atoms with van der Waals surface area (Å²) in [6, 6.07) is 0. The summed E-state index contributed by atoms with van der Waals surface area (Å²) in [5, 5.41) is 11.2. The third kappa shape index (κ3) is 7.07. The van der Waals surface area contributed by atoms with Crippen LogP contribution in [0.2, 0.25) is 0 Å². The molecule has 0 radical (unpaired) electrons. The molecule has 0 saturated carbocycles. The highest BCUT2D eigenvalue weighted by Gasteiger charge is 1.93. The molecule has 9 heavy (non-hydrogen) atoms. The zero-order valence-electron chi connectivity index (χ0n) is 5.13. The summed E-state index contributed by atoms with van der Waals surface area (Å²) < 4.78 is 0. The molecule has 2 N–H and O–H groups in total. The number of hydrogen-bond acceptors (Lipinski definition) is 3. The summed E-state index contributed by atoms with van der Waals surface area (Å²) in [6.45, 7) is 0.452. The predicted octanol–water partition coefficient (Wildman–Crippen LogP) is 1.27. The molecule has 4 nitrogen and oxygen atoms in total. The van der Waals surface area contributed by atoms with Crippen LogP contribution in [0.4, 0.5) is 0 Å². The van der Waals surface area contributed by atoms with Crippen molar-refractivity contribution in [2.75, 3.05) is 6.54 Å². The summed E-state index contributed by atoms with van der Waals surface area (Å²) in [4.78, 5) is 9.88. The smallest absolute Gasteiger partial charge is 0.303 e. The van der Waals surface area contributed by atoms with Crippen molar-refractivity contribution in [2.24, 2.45) is 5.11 Å². The van der Waals surface area contributed by atoms with Gasteiger partial charge in [-0.15, -0.1) is 0 Å². The molecular formula is C5H10N2O2. The molecular weight excluding hydrogens is 120 g/mol. The largest absolute Gasteiger partial charge is 0.481 e. The Morgan fingerprint density at radius 3 is 2.67 bits per heavy atom. The molecule has 0 unspecified atom stereocenters. The highest BCUT2D eigenvalue weighted by atomic mass is 16.4. The minimum absolute atomic E-state index is 0.190. The molecule has 4 heteroatoms. The van der Waals surface area contributed by atoms with Gasteiger partial charge in [-0.1, -0.05) is 0 Å². The molecule has 0 heterocycles. The number of rotatable bonds is 5. The monoisotopic (exact) mass is 130 g/mol. The fourth-order valence-corrected chi connectivity index (χ4v) is 0.467. The molecule has 0 aliphatic heterocycles. The van der Waals surface area contributed by atoms with Gasteiger partial charge in [-0.3, -0.25) is 4.79 Å². The Morgan fingerprint density at radius 2 is 2.22 bits per heavy atom. The van der Waals surface area contributed by atoms with E-state index in [1.54, 1.807) is 0 Å². The molecule has 0 aromatic carbocycles. The molecule has 0 fully saturated rings. The Morgan fingerprint density at radius 1 is 1.56 bits per heavy atom. The fourth-order valence-electron chi connectivity index (χ4n) is 0.467. The highest BCUT2D eigenvalue weighted by molar-refractivity contribution is 5.66. The van der Waals surface area contributed by atoms with E-state index in [9.17, 15) is 4.79 Å². The number of carbonyl (C=O) groups is 1. The van der Waals surface area contributed by atoms with Gasteiger partial charge in [0.1, 0.15) is 0 Å². The van der Waals surface area contributed by atoms with Gasteiger partial charge in [0.05, 0.1) is 6.54 Å². The van der Waals surface area contributed by atoms with Gasteiger partial charge in [-0.05, 0) is 12.8 Å². The molecule has 0 rings (SSSR count).